The summed E-state index contributed by atoms with van der Waals surface area (Å²) in [7, 11) is 1.93. The van der Waals surface area contributed by atoms with E-state index in [9.17, 15) is 5.11 Å². The number of aliphatic hydroxyl groups excluding tert-OH is 1. The quantitative estimate of drug-likeness (QED) is 0.862. The summed E-state index contributed by atoms with van der Waals surface area (Å²) in [6.45, 7) is 4.92. The van der Waals surface area contributed by atoms with E-state index in [4.69, 9.17) is 0 Å². The molecule has 0 bridgehead atoms. The molecule has 2 aromatic rings. The Labute approximate surface area is 115 Å². The minimum absolute atomic E-state index is 0.134. The van der Waals surface area contributed by atoms with Crippen molar-refractivity contribution in [3.63, 3.8) is 0 Å². The highest BCUT2D eigenvalue weighted by atomic mass is 16.3. The van der Waals surface area contributed by atoms with Gasteiger partial charge in [0, 0.05) is 12.5 Å². The summed E-state index contributed by atoms with van der Waals surface area (Å²) in [5.74, 6) is 0.388. The molecule has 2 rings (SSSR count). The van der Waals surface area contributed by atoms with Gasteiger partial charge in [-0.1, -0.05) is 56.3 Å². The maximum absolute atomic E-state index is 10.4. The first kappa shape index (κ1) is 14.0. The highest BCUT2D eigenvalue weighted by molar-refractivity contribution is 5.83. The molecule has 2 aromatic carbocycles. The van der Waals surface area contributed by atoms with Crippen molar-refractivity contribution in [1.29, 1.82) is 0 Å². The van der Waals surface area contributed by atoms with E-state index in [1.165, 1.54) is 16.3 Å². The molecule has 0 aliphatic heterocycles. The summed E-state index contributed by atoms with van der Waals surface area (Å²) >= 11 is 0. The van der Waals surface area contributed by atoms with Gasteiger partial charge in [-0.2, -0.15) is 0 Å². The number of benzene rings is 2. The van der Waals surface area contributed by atoms with Crippen molar-refractivity contribution in [3.8, 4) is 0 Å². The molecule has 2 N–H and O–H groups in total. The van der Waals surface area contributed by atoms with Crippen molar-refractivity contribution in [2.24, 2.45) is 5.92 Å². The maximum atomic E-state index is 10.4. The van der Waals surface area contributed by atoms with Gasteiger partial charge in [-0.25, -0.2) is 0 Å². The van der Waals surface area contributed by atoms with Crippen molar-refractivity contribution >= 4 is 10.8 Å². The monoisotopic (exact) mass is 257 g/mol. The van der Waals surface area contributed by atoms with Gasteiger partial charge >= 0.3 is 0 Å². The molecule has 0 unspecified atom stereocenters. The minimum Gasteiger partial charge on any atom is -0.392 e. The van der Waals surface area contributed by atoms with Crippen LogP contribution in [0.25, 0.3) is 10.8 Å². The lowest BCUT2D eigenvalue weighted by atomic mass is 9.86. The van der Waals surface area contributed by atoms with Crippen LogP contribution >= 0.6 is 0 Å². The maximum Gasteiger partial charge on any atom is 0.0643 e. The first-order chi connectivity index (χ1) is 9.13. The minimum atomic E-state index is -0.325. The Morgan fingerprint density at radius 2 is 1.74 bits per heavy atom. The molecular weight excluding hydrogens is 234 g/mol. The van der Waals surface area contributed by atoms with Gasteiger partial charge in [0.1, 0.15) is 0 Å². The van der Waals surface area contributed by atoms with Gasteiger partial charge < -0.3 is 10.4 Å². The first-order valence-corrected chi connectivity index (χ1v) is 6.95. The van der Waals surface area contributed by atoms with E-state index in [1.807, 2.05) is 7.05 Å². The molecule has 19 heavy (non-hydrogen) atoms. The van der Waals surface area contributed by atoms with Crippen LogP contribution in [0, 0.1) is 5.92 Å². The standard InChI is InChI=1S/C17H23NO/c1-12(2)17(19)16(11-18-3)15-9-8-13-6-4-5-7-14(13)10-15/h4-10,12,16-19H,11H2,1-3H3/t16-,17+/m1/s1. The first-order valence-electron chi connectivity index (χ1n) is 6.95. The molecule has 2 atom stereocenters. The summed E-state index contributed by atoms with van der Waals surface area (Å²) in [5, 5.41) is 16.1. The van der Waals surface area contributed by atoms with Gasteiger partial charge in [0.2, 0.25) is 0 Å². The van der Waals surface area contributed by atoms with Gasteiger partial charge in [0.15, 0.2) is 0 Å². The van der Waals surface area contributed by atoms with Crippen molar-refractivity contribution in [1.82, 2.24) is 5.32 Å². The summed E-state index contributed by atoms with van der Waals surface area (Å²) < 4.78 is 0. The summed E-state index contributed by atoms with van der Waals surface area (Å²) in [5.41, 5.74) is 1.20. The van der Waals surface area contributed by atoms with Crippen LogP contribution in [0.2, 0.25) is 0 Å². The fraction of sp³-hybridized carbons (Fsp3) is 0.412. The largest absolute Gasteiger partial charge is 0.392 e. The number of hydrogen-bond donors (Lipinski definition) is 2. The van der Waals surface area contributed by atoms with E-state index in [2.05, 4.69) is 61.6 Å². The Balaban J connectivity index is 2.38. The summed E-state index contributed by atoms with van der Waals surface area (Å²) in [6.07, 6.45) is -0.325. The van der Waals surface area contributed by atoms with Crippen LogP contribution in [0.5, 0.6) is 0 Å². The third-order valence-electron chi connectivity index (χ3n) is 3.72. The van der Waals surface area contributed by atoms with Crippen LogP contribution in [0.1, 0.15) is 25.3 Å². The lowest BCUT2D eigenvalue weighted by Gasteiger charge is -2.26. The fourth-order valence-corrected chi connectivity index (χ4v) is 2.56. The molecule has 0 radical (unpaired) electrons. The van der Waals surface area contributed by atoms with Gasteiger partial charge in [-0.15, -0.1) is 0 Å². The van der Waals surface area contributed by atoms with Gasteiger partial charge in [-0.3, -0.25) is 0 Å². The number of nitrogens with one attached hydrogen (secondary N) is 1. The normalized spacial score (nSPS) is 14.8. The molecule has 0 saturated heterocycles. The van der Waals surface area contributed by atoms with E-state index in [1.54, 1.807) is 0 Å². The highest BCUT2D eigenvalue weighted by Gasteiger charge is 2.23. The van der Waals surface area contributed by atoms with E-state index >= 15 is 0 Å². The van der Waals surface area contributed by atoms with Crippen LogP contribution in [0.3, 0.4) is 0 Å². The van der Waals surface area contributed by atoms with Crippen LogP contribution in [-0.4, -0.2) is 24.8 Å². The topological polar surface area (TPSA) is 32.3 Å². The second kappa shape index (κ2) is 6.18. The lowest BCUT2D eigenvalue weighted by Crippen LogP contribution is -2.31. The average Bonchev–Trinajstić information content (AvgIpc) is 2.43. The van der Waals surface area contributed by atoms with E-state index < -0.39 is 0 Å². The Kier molecular flexibility index (Phi) is 4.56. The molecule has 2 heteroatoms. The predicted molar refractivity (Wildman–Crippen MR) is 81.5 cm³/mol. The molecule has 0 saturated carbocycles. The molecule has 0 aromatic heterocycles. The zero-order valence-electron chi connectivity index (χ0n) is 11.9. The van der Waals surface area contributed by atoms with Crippen molar-refractivity contribution in [2.45, 2.75) is 25.9 Å². The SMILES string of the molecule is CNC[C@H](c1ccc2ccccc2c1)[C@@H](O)C(C)C. The lowest BCUT2D eigenvalue weighted by molar-refractivity contribution is 0.0961. The van der Waals surface area contributed by atoms with Crippen LogP contribution in [0.4, 0.5) is 0 Å². The Bertz CT molecular complexity index is 536. The van der Waals surface area contributed by atoms with Gasteiger partial charge in [0.05, 0.1) is 6.10 Å². The van der Waals surface area contributed by atoms with Crippen molar-refractivity contribution in [3.05, 3.63) is 48.0 Å². The van der Waals surface area contributed by atoms with Crippen LogP contribution in [0.15, 0.2) is 42.5 Å². The third-order valence-corrected chi connectivity index (χ3v) is 3.72. The fourth-order valence-electron chi connectivity index (χ4n) is 2.56. The number of hydrogen-bond acceptors (Lipinski definition) is 2. The van der Waals surface area contributed by atoms with Gasteiger partial charge in [0.25, 0.3) is 0 Å². The van der Waals surface area contributed by atoms with Crippen molar-refractivity contribution < 1.29 is 5.11 Å². The summed E-state index contributed by atoms with van der Waals surface area (Å²) in [4.78, 5) is 0. The molecule has 0 spiro atoms. The smallest absolute Gasteiger partial charge is 0.0643 e. The second-order valence-electron chi connectivity index (χ2n) is 5.51. The number of likely N-dealkylation sites (N-methyl/N-ethyl adjacent to an activating group) is 1. The Morgan fingerprint density at radius 1 is 1.05 bits per heavy atom. The molecular formula is C17H23NO. The van der Waals surface area contributed by atoms with E-state index in [0.717, 1.165) is 6.54 Å². The second-order valence-corrected chi connectivity index (χ2v) is 5.51. The zero-order valence-corrected chi connectivity index (χ0v) is 11.9. The van der Waals surface area contributed by atoms with Gasteiger partial charge in [-0.05, 0) is 29.3 Å². The molecule has 102 valence electrons. The van der Waals surface area contributed by atoms with Crippen LogP contribution in [-0.2, 0) is 0 Å². The molecule has 0 aliphatic rings. The molecule has 0 fully saturated rings. The van der Waals surface area contributed by atoms with E-state index in [0.29, 0.717) is 0 Å². The third kappa shape index (κ3) is 3.14. The molecule has 2 nitrogen and oxygen atoms in total. The van der Waals surface area contributed by atoms with E-state index in [-0.39, 0.29) is 17.9 Å². The average molecular weight is 257 g/mol. The Morgan fingerprint density at radius 3 is 2.37 bits per heavy atom. The highest BCUT2D eigenvalue weighted by Crippen LogP contribution is 2.27. The summed E-state index contributed by atoms with van der Waals surface area (Å²) in [6, 6.07) is 14.8. The van der Waals surface area contributed by atoms with Crippen molar-refractivity contribution in [2.75, 3.05) is 13.6 Å². The molecule has 0 heterocycles. The Hall–Kier alpha value is -1.38. The van der Waals surface area contributed by atoms with Crippen LogP contribution < -0.4 is 5.32 Å². The number of fused-ring (bicyclic) bond motifs is 1. The molecule has 0 aliphatic carbocycles. The molecule has 0 amide bonds. The number of aliphatic hydroxyl groups is 1. The zero-order chi connectivity index (χ0) is 13.8. The number of rotatable bonds is 5. The predicted octanol–water partition coefficient (Wildman–Crippen LogP) is 3.16.